The van der Waals surface area contributed by atoms with Gasteiger partial charge in [-0.2, -0.15) is 0 Å². The third-order valence-corrected chi connectivity index (χ3v) is 4.97. The van der Waals surface area contributed by atoms with Gasteiger partial charge >= 0.3 is 0 Å². The van der Waals surface area contributed by atoms with Crippen LogP contribution in [-0.2, 0) is 0 Å². The van der Waals surface area contributed by atoms with Crippen LogP contribution in [0.5, 0.6) is 0 Å². The van der Waals surface area contributed by atoms with Crippen LogP contribution in [0.25, 0.3) is 0 Å². The van der Waals surface area contributed by atoms with Crippen LogP contribution in [0, 0.1) is 13.8 Å². The van der Waals surface area contributed by atoms with Crippen molar-refractivity contribution in [3.8, 4) is 0 Å². The van der Waals surface area contributed by atoms with Crippen molar-refractivity contribution in [1.82, 2.24) is 9.80 Å². The van der Waals surface area contributed by atoms with Gasteiger partial charge in [0, 0.05) is 31.2 Å². The van der Waals surface area contributed by atoms with Crippen LogP contribution in [0.1, 0.15) is 40.7 Å². The van der Waals surface area contributed by atoms with E-state index in [1.807, 2.05) is 19.1 Å². The molecule has 2 fully saturated rings. The summed E-state index contributed by atoms with van der Waals surface area (Å²) in [5, 5.41) is 0. The summed E-state index contributed by atoms with van der Waals surface area (Å²) in [6, 6.07) is 6.81. The normalized spacial score (nSPS) is 23.8. The molecule has 3 nitrogen and oxygen atoms in total. The minimum absolute atomic E-state index is 0.275. The molecule has 2 aliphatic rings. The maximum atomic E-state index is 12.5. The van der Waals surface area contributed by atoms with Crippen LogP contribution in [0.3, 0.4) is 0 Å². The van der Waals surface area contributed by atoms with E-state index in [1.165, 1.54) is 31.4 Å². The molecule has 21 heavy (non-hydrogen) atoms. The SMILES string of the molecule is Cc1ccc(C(=O)CN2CCN3CCCCC3C2)c(C)c1. The lowest BCUT2D eigenvalue weighted by atomic mass is 9.98. The van der Waals surface area contributed by atoms with Crippen molar-refractivity contribution in [3.63, 3.8) is 0 Å². The van der Waals surface area contributed by atoms with Crippen LogP contribution < -0.4 is 0 Å². The predicted molar refractivity (Wildman–Crippen MR) is 85.9 cm³/mol. The summed E-state index contributed by atoms with van der Waals surface area (Å²) < 4.78 is 0. The zero-order chi connectivity index (χ0) is 14.8. The number of nitrogens with zero attached hydrogens (tertiary/aromatic N) is 2. The van der Waals surface area contributed by atoms with Gasteiger partial charge in [-0.15, -0.1) is 0 Å². The first-order chi connectivity index (χ1) is 10.1. The zero-order valence-electron chi connectivity index (χ0n) is 13.3. The van der Waals surface area contributed by atoms with E-state index >= 15 is 0 Å². The average molecular weight is 286 g/mol. The minimum Gasteiger partial charge on any atom is -0.298 e. The molecular weight excluding hydrogens is 260 g/mol. The molecule has 3 rings (SSSR count). The Balaban J connectivity index is 1.62. The van der Waals surface area contributed by atoms with Gasteiger partial charge in [0.1, 0.15) is 0 Å². The van der Waals surface area contributed by atoms with E-state index in [0.29, 0.717) is 12.6 Å². The number of Topliss-reactive ketones (excluding diaryl/α,β-unsaturated/α-hetero) is 1. The summed E-state index contributed by atoms with van der Waals surface area (Å²) in [6.45, 7) is 9.18. The molecule has 2 heterocycles. The van der Waals surface area contributed by atoms with Crippen molar-refractivity contribution < 1.29 is 4.79 Å². The smallest absolute Gasteiger partial charge is 0.177 e. The molecule has 2 aliphatic heterocycles. The minimum atomic E-state index is 0.275. The molecule has 2 saturated heterocycles. The van der Waals surface area contributed by atoms with E-state index < -0.39 is 0 Å². The van der Waals surface area contributed by atoms with Crippen molar-refractivity contribution in [2.24, 2.45) is 0 Å². The second-order valence-electron chi connectivity index (χ2n) is 6.66. The van der Waals surface area contributed by atoms with Crippen LogP contribution in [0.15, 0.2) is 18.2 Å². The fraction of sp³-hybridized carbons (Fsp3) is 0.611. The number of piperazine rings is 1. The second kappa shape index (κ2) is 6.29. The third kappa shape index (κ3) is 3.35. The number of hydrogen-bond donors (Lipinski definition) is 0. The summed E-state index contributed by atoms with van der Waals surface area (Å²) in [5.41, 5.74) is 3.22. The number of aryl methyl sites for hydroxylation is 2. The zero-order valence-corrected chi connectivity index (χ0v) is 13.3. The quantitative estimate of drug-likeness (QED) is 0.798. The average Bonchev–Trinajstić information content (AvgIpc) is 2.47. The first kappa shape index (κ1) is 14.7. The molecule has 0 aromatic heterocycles. The highest BCUT2D eigenvalue weighted by molar-refractivity contribution is 5.99. The number of carbonyl (C=O) groups excluding carboxylic acids is 1. The molecule has 3 heteroatoms. The number of carbonyl (C=O) groups is 1. The summed E-state index contributed by atoms with van der Waals surface area (Å²) in [4.78, 5) is 17.5. The molecule has 1 aromatic rings. The number of fused-ring (bicyclic) bond motifs is 1. The van der Waals surface area contributed by atoms with Crippen LogP contribution >= 0.6 is 0 Å². The van der Waals surface area contributed by atoms with E-state index in [2.05, 4.69) is 22.8 Å². The molecule has 114 valence electrons. The van der Waals surface area contributed by atoms with Crippen molar-refractivity contribution in [2.75, 3.05) is 32.7 Å². The second-order valence-corrected chi connectivity index (χ2v) is 6.66. The molecule has 0 saturated carbocycles. The van der Waals surface area contributed by atoms with Crippen molar-refractivity contribution in [3.05, 3.63) is 34.9 Å². The topological polar surface area (TPSA) is 23.6 Å². The Bertz CT molecular complexity index is 526. The van der Waals surface area contributed by atoms with Gasteiger partial charge < -0.3 is 0 Å². The molecular formula is C18H26N2O. The Morgan fingerprint density at radius 3 is 2.86 bits per heavy atom. The molecule has 1 unspecified atom stereocenters. The Morgan fingerprint density at radius 1 is 1.19 bits per heavy atom. The van der Waals surface area contributed by atoms with E-state index in [4.69, 9.17) is 0 Å². The van der Waals surface area contributed by atoms with E-state index in [9.17, 15) is 4.79 Å². The molecule has 0 radical (unpaired) electrons. The highest BCUT2D eigenvalue weighted by Gasteiger charge is 2.29. The molecule has 0 bridgehead atoms. The van der Waals surface area contributed by atoms with Gasteiger partial charge in [-0.25, -0.2) is 0 Å². The predicted octanol–water partition coefficient (Wildman–Crippen LogP) is 2.66. The maximum absolute atomic E-state index is 12.5. The lowest BCUT2D eigenvalue weighted by Crippen LogP contribution is -2.55. The summed E-state index contributed by atoms with van der Waals surface area (Å²) in [5.74, 6) is 0.275. The third-order valence-electron chi connectivity index (χ3n) is 4.97. The Labute approximate surface area is 127 Å². The molecule has 0 aliphatic carbocycles. The number of piperidine rings is 1. The van der Waals surface area contributed by atoms with Crippen molar-refractivity contribution in [1.29, 1.82) is 0 Å². The number of benzene rings is 1. The number of hydrogen-bond acceptors (Lipinski definition) is 3. The molecule has 0 amide bonds. The van der Waals surface area contributed by atoms with Crippen molar-refractivity contribution in [2.45, 2.75) is 39.2 Å². The fourth-order valence-electron chi connectivity index (χ4n) is 3.78. The lowest BCUT2D eigenvalue weighted by Gasteiger charge is -2.43. The van der Waals surface area contributed by atoms with Gasteiger partial charge in [0.25, 0.3) is 0 Å². The number of ketones is 1. The Hall–Kier alpha value is -1.19. The van der Waals surface area contributed by atoms with Crippen LogP contribution in [0.4, 0.5) is 0 Å². The van der Waals surface area contributed by atoms with Gasteiger partial charge in [0.2, 0.25) is 0 Å². The van der Waals surface area contributed by atoms with Gasteiger partial charge in [-0.3, -0.25) is 14.6 Å². The molecule has 0 spiro atoms. The summed E-state index contributed by atoms with van der Waals surface area (Å²) in [6.07, 6.45) is 3.99. The number of rotatable bonds is 3. The van der Waals surface area contributed by atoms with Gasteiger partial charge in [0.15, 0.2) is 5.78 Å². The summed E-state index contributed by atoms with van der Waals surface area (Å²) in [7, 11) is 0. The first-order valence-electron chi connectivity index (χ1n) is 8.20. The summed E-state index contributed by atoms with van der Waals surface area (Å²) >= 11 is 0. The van der Waals surface area contributed by atoms with Crippen LogP contribution in [0.2, 0.25) is 0 Å². The molecule has 1 atom stereocenters. The van der Waals surface area contributed by atoms with E-state index in [-0.39, 0.29) is 5.78 Å². The maximum Gasteiger partial charge on any atom is 0.177 e. The first-order valence-corrected chi connectivity index (χ1v) is 8.20. The largest absolute Gasteiger partial charge is 0.298 e. The van der Waals surface area contributed by atoms with Crippen LogP contribution in [-0.4, -0.2) is 54.3 Å². The molecule has 0 N–H and O–H groups in total. The lowest BCUT2D eigenvalue weighted by molar-refractivity contribution is 0.0469. The Kier molecular flexibility index (Phi) is 4.41. The Morgan fingerprint density at radius 2 is 2.05 bits per heavy atom. The highest BCUT2D eigenvalue weighted by atomic mass is 16.1. The highest BCUT2D eigenvalue weighted by Crippen LogP contribution is 2.21. The monoisotopic (exact) mass is 286 g/mol. The standard InChI is InChI=1S/C18H26N2O/c1-14-6-7-17(15(2)11-14)18(21)13-19-9-10-20-8-4-3-5-16(20)12-19/h6-7,11,16H,3-5,8-10,12-13H2,1-2H3. The van der Waals surface area contributed by atoms with E-state index in [0.717, 1.165) is 30.8 Å². The van der Waals surface area contributed by atoms with E-state index in [1.54, 1.807) is 0 Å². The molecule has 1 aromatic carbocycles. The van der Waals surface area contributed by atoms with Crippen molar-refractivity contribution >= 4 is 5.78 Å². The fourth-order valence-corrected chi connectivity index (χ4v) is 3.78. The van der Waals surface area contributed by atoms with Gasteiger partial charge in [-0.1, -0.05) is 30.2 Å². The van der Waals surface area contributed by atoms with Gasteiger partial charge in [-0.05, 0) is 38.8 Å². The van der Waals surface area contributed by atoms with Gasteiger partial charge in [0.05, 0.1) is 6.54 Å².